The first kappa shape index (κ1) is 10.8. The normalized spacial score (nSPS) is 19.0. The van der Waals surface area contributed by atoms with Gasteiger partial charge in [0.15, 0.2) is 5.78 Å². The van der Waals surface area contributed by atoms with Gasteiger partial charge in [0.1, 0.15) is 0 Å². The molecular weight excluding hydrogens is 210 g/mol. The minimum absolute atomic E-state index is 0.173. The van der Waals surface area contributed by atoms with Gasteiger partial charge in [-0.1, -0.05) is 0 Å². The van der Waals surface area contributed by atoms with Gasteiger partial charge >= 0.3 is 0 Å². The summed E-state index contributed by atoms with van der Waals surface area (Å²) in [5.41, 5.74) is 3.59. The third-order valence-electron chi connectivity index (χ3n) is 3.88. The van der Waals surface area contributed by atoms with Crippen LogP contribution in [0.25, 0.3) is 0 Å². The van der Waals surface area contributed by atoms with Crippen LogP contribution in [0.5, 0.6) is 0 Å². The molecule has 1 fully saturated rings. The van der Waals surface area contributed by atoms with E-state index in [1.807, 2.05) is 6.07 Å². The van der Waals surface area contributed by atoms with Crippen LogP contribution in [-0.2, 0) is 6.42 Å². The fourth-order valence-corrected chi connectivity index (χ4v) is 2.70. The van der Waals surface area contributed by atoms with Crippen molar-refractivity contribution in [3.05, 3.63) is 29.3 Å². The Morgan fingerprint density at radius 2 is 2.24 bits per heavy atom. The van der Waals surface area contributed by atoms with Crippen molar-refractivity contribution < 1.29 is 4.79 Å². The van der Waals surface area contributed by atoms with Gasteiger partial charge in [0.25, 0.3) is 0 Å². The van der Waals surface area contributed by atoms with E-state index >= 15 is 0 Å². The molecule has 1 aliphatic carbocycles. The van der Waals surface area contributed by atoms with Crippen LogP contribution in [0.4, 0.5) is 5.69 Å². The van der Waals surface area contributed by atoms with E-state index < -0.39 is 0 Å². The smallest absolute Gasteiger partial charge is 0.159 e. The molecule has 90 valence electrons. The largest absolute Gasteiger partial charge is 0.371 e. The van der Waals surface area contributed by atoms with Gasteiger partial charge in [-0.05, 0) is 62.3 Å². The van der Waals surface area contributed by atoms with E-state index in [4.69, 9.17) is 0 Å². The van der Waals surface area contributed by atoms with Crippen molar-refractivity contribution >= 4 is 11.5 Å². The fraction of sp³-hybridized carbons (Fsp3) is 0.533. The Morgan fingerprint density at radius 3 is 2.94 bits per heavy atom. The number of hydrogen-bond acceptors (Lipinski definition) is 2. The predicted molar refractivity (Wildman–Crippen MR) is 69.7 cm³/mol. The number of rotatable bonds is 3. The summed E-state index contributed by atoms with van der Waals surface area (Å²) in [6.45, 7) is 4.04. The second kappa shape index (κ2) is 4.17. The molecule has 0 radical (unpaired) electrons. The van der Waals surface area contributed by atoms with Crippen LogP contribution < -0.4 is 4.90 Å². The summed E-state index contributed by atoms with van der Waals surface area (Å²) in [6.07, 6.45) is 5.15. The lowest BCUT2D eigenvalue weighted by Gasteiger charge is -2.31. The summed E-state index contributed by atoms with van der Waals surface area (Å²) in [4.78, 5) is 13.9. The lowest BCUT2D eigenvalue weighted by Crippen LogP contribution is -2.31. The average molecular weight is 229 g/mol. The Morgan fingerprint density at radius 1 is 1.41 bits per heavy atom. The maximum Gasteiger partial charge on any atom is 0.159 e. The molecule has 1 aliphatic heterocycles. The van der Waals surface area contributed by atoms with Gasteiger partial charge in [-0.2, -0.15) is 0 Å². The van der Waals surface area contributed by atoms with Gasteiger partial charge in [-0.25, -0.2) is 0 Å². The Kier molecular flexibility index (Phi) is 2.65. The number of aryl methyl sites for hydroxylation is 1. The second-order valence-corrected chi connectivity index (χ2v) is 5.39. The molecule has 2 aliphatic rings. The van der Waals surface area contributed by atoms with Gasteiger partial charge in [-0.15, -0.1) is 0 Å². The molecule has 1 saturated carbocycles. The number of carbonyl (C=O) groups excluding carboxylic acids is 1. The lowest BCUT2D eigenvalue weighted by atomic mass is 9.98. The summed E-state index contributed by atoms with van der Waals surface area (Å²) in [7, 11) is 0. The van der Waals surface area contributed by atoms with Gasteiger partial charge in [0.05, 0.1) is 0 Å². The molecule has 0 N–H and O–H groups in total. The van der Waals surface area contributed by atoms with Crippen LogP contribution >= 0.6 is 0 Å². The Balaban J connectivity index is 1.88. The van der Waals surface area contributed by atoms with Crippen molar-refractivity contribution in [3.63, 3.8) is 0 Å². The van der Waals surface area contributed by atoms with Crippen LogP contribution in [0.3, 0.4) is 0 Å². The maximum atomic E-state index is 11.4. The van der Waals surface area contributed by atoms with Crippen LogP contribution in [-0.4, -0.2) is 18.9 Å². The highest BCUT2D eigenvalue weighted by atomic mass is 16.1. The SMILES string of the molecule is CC(=O)c1ccc2c(c1)CCCN2CC1CC1. The highest BCUT2D eigenvalue weighted by molar-refractivity contribution is 5.94. The van der Waals surface area contributed by atoms with E-state index in [1.54, 1.807) is 6.92 Å². The summed E-state index contributed by atoms with van der Waals surface area (Å²) < 4.78 is 0. The highest BCUT2D eigenvalue weighted by Gasteiger charge is 2.26. The van der Waals surface area contributed by atoms with Crippen molar-refractivity contribution in [2.45, 2.75) is 32.6 Å². The molecule has 2 nitrogen and oxygen atoms in total. The van der Waals surface area contributed by atoms with E-state index in [1.165, 1.54) is 43.6 Å². The van der Waals surface area contributed by atoms with Crippen molar-refractivity contribution in [3.8, 4) is 0 Å². The van der Waals surface area contributed by atoms with Crippen molar-refractivity contribution in [1.82, 2.24) is 0 Å². The maximum absolute atomic E-state index is 11.4. The third-order valence-corrected chi connectivity index (χ3v) is 3.88. The van der Waals surface area contributed by atoms with E-state index in [2.05, 4.69) is 17.0 Å². The van der Waals surface area contributed by atoms with Crippen LogP contribution in [0.1, 0.15) is 42.1 Å². The summed E-state index contributed by atoms with van der Waals surface area (Å²) in [5.74, 6) is 1.10. The van der Waals surface area contributed by atoms with Crippen LogP contribution in [0.15, 0.2) is 18.2 Å². The molecule has 2 heteroatoms. The first-order valence-corrected chi connectivity index (χ1v) is 6.63. The number of nitrogens with zero attached hydrogens (tertiary/aromatic N) is 1. The number of benzene rings is 1. The van der Waals surface area contributed by atoms with Gasteiger partial charge in [0, 0.05) is 24.3 Å². The Labute approximate surface area is 103 Å². The molecule has 0 saturated heterocycles. The molecule has 0 amide bonds. The molecule has 0 aromatic heterocycles. The van der Waals surface area contributed by atoms with Crippen molar-refractivity contribution in [2.75, 3.05) is 18.0 Å². The zero-order chi connectivity index (χ0) is 11.8. The number of anilines is 1. The Bertz CT molecular complexity index is 448. The van der Waals surface area contributed by atoms with Crippen molar-refractivity contribution in [1.29, 1.82) is 0 Å². The quantitative estimate of drug-likeness (QED) is 0.742. The predicted octanol–water partition coefficient (Wildman–Crippen LogP) is 3.05. The van der Waals surface area contributed by atoms with E-state index in [0.717, 1.165) is 17.9 Å². The molecule has 1 aromatic rings. The average Bonchev–Trinajstić information content (AvgIpc) is 3.12. The lowest BCUT2D eigenvalue weighted by molar-refractivity contribution is 0.101. The second-order valence-electron chi connectivity index (χ2n) is 5.39. The number of hydrogen-bond donors (Lipinski definition) is 0. The summed E-state index contributed by atoms with van der Waals surface area (Å²) in [5, 5.41) is 0. The number of fused-ring (bicyclic) bond motifs is 1. The molecule has 3 rings (SSSR count). The molecule has 0 atom stereocenters. The number of Topliss-reactive ketones (excluding diaryl/α,β-unsaturated/α-hetero) is 1. The minimum Gasteiger partial charge on any atom is -0.371 e. The zero-order valence-corrected chi connectivity index (χ0v) is 10.4. The number of ketones is 1. The molecule has 0 unspecified atom stereocenters. The first-order chi connectivity index (χ1) is 8.24. The van der Waals surface area contributed by atoms with Crippen molar-refractivity contribution in [2.24, 2.45) is 5.92 Å². The molecule has 0 spiro atoms. The summed E-state index contributed by atoms with van der Waals surface area (Å²) in [6, 6.07) is 6.22. The highest BCUT2D eigenvalue weighted by Crippen LogP contribution is 2.34. The van der Waals surface area contributed by atoms with Crippen LogP contribution in [0, 0.1) is 5.92 Å². The Hall–Kier alpha value is -1.31. The molecule has 1 heterocycles. The summed E-state index contributed by atoms with van der Waals surface area (Å²) >= 11 is 0. The monoisotopic (exact) mass is 229 g/mol. The fourth-order valence-electron chi connectivity index (χ4n) is 2.70. The van der Waals surface area contributed by atoms with Gasteiger partial charge in [0.2, 0.25) is 0 Å². The minimum atomic E-state index is 0.173. The molecule has 0 bridgehead atoms. The van der Waals surface area contributed by atoms with E-state index in [-0.39, 0.29) is 5.78 Å². The van der Waals surface area contributed by atoms with E-state index in [0.29, 0.717) is 0 Å². The number of carbonyl (C=O) groups is 1. The molecule has 17 heavy (non-hydrogen) atoms. The standard InChI is InChI=1S/C15H19NO/c1-11(17)13-6-7-15-14(9-13)3-2-8-16(15)10-12-4-5-12/h6-7,9,12H,2-5,8,10H2,1H3. The molecule has 1 aromatic carbocycles. The van der Waals surface area contributed by atoms with Crippen LogP contribution in [0.2, 0.25) is 0 Å². The first-order valence-electron chi connectivity index (χ1n) is 6.63. The van der Waals surface area contributed by atoms with E-state index in [9.17, 15) is 4.79 Å². The van der Waals surface area contributed by atoms with Gasteiger partial charge < -0.3 is 4.90 Å². The molecular formula is C15H19NO. The zero-order valence-electron chi connectivity index (χ0n) is 10.4. The third kappa shape index (κ3) is 2.21. The topological polar surface area (TPSA) is 20.3 Å². The van der Waals surface area contributed by atoms with Gasteiger partial charge in [-0.3, -0.25) is 4.79 Å².